The van der Waals surface area contributed by atoms with Crippen molar-refractivity contribution in [3.8, 4) is 0 Å². The number of aliphatic imine (C=N–C) groups is 1. The second kappa shape index (κ2) is 14.2. The Morgan fingerprint density at radius 1 is 1.17 bits per heavy atom. The number of rotatable bonds is 11. The summed E-state index contributed by atoms with van der Waals surface area (Å²) in [5.41, 5.74) is 1.73. The van der Waals surface area contributed by atoms with E-state index in [9.17, 15) is 0 Å². The lowest BCUT2D eigenvalue weighted by Crippen LogP contribution is -2.48. The van der Waals surface area contributed by atoms with Gasteiger partial charge in [0.05, 0.1) is 0 Å². The summed E-state index contributed by atoms with van der Waals surface area (Å²) in [7, 11) is 6.15. The molecule has 1 aromatic carbocycles. The van der Waals surface area contributed by atoms with E-state index in [1.165, 1.54) is 31.2 Å². The molecule has 0 radical (unpaired) electrons. The third kappa shape index (κ3) is 9.22. The van der Waals surface area contributed by atoms with E-state index in [0.29, 0.717) is 11.5 Å². The SMILES string of the molecule is CCOCCC1(CNC(=NC)NCC(Cc2ccccc2)N(C)C)CCCC1.I. The zero-order valence-electron chi connectivity index (χ0n) is 18.7. The van der Waals surface area contributed by atoms with Crippen LogP contribution in [0.15, 0.2) is 35.3 Å². The molecule has 1 fully saturated rings. The maximum absolute atomic E-state index is 5.64. The van der Waals surface area contributed by atoms with E-state index in [2.05, 4.69) is 71.9 Å². The molecule has 1 saturated carbocycles. The normalized spacial score (nSPS) is 17.1. The number of nitrogens with zero attached hydrogens (tertiary/aromatic N) is 2. The van der Waals surface area contributed by atoms with Crippen LogP contribution in [0.5, 0.6) is 0 Å². The Morgan fingerprint density at radius 2 is 1.86 bits per heavy atom. The van der Waals surface area contributed by atoms with Crippen LogP contribution >= 0.6 is 24.0 Å². The van der Waals surface area contributed by atoms with E-state index >= 15 is 0 Å². The molecular formula is C23H41IN4O. The van der Waals surface area contributed by atoms with Gasteiger partial charge in [-0.1, -0.05) is 43.2 Å². The van der Waals surface area contributed by atoms with Crippen molar-refractivity contribution in [1.82, 2.24) is 15.5 Å². The number of halogens is 1. The Balaban J connectivity index is 0.00000420. The van der Waals surface area contributed by atoms with E-state index in [0.717, 1.165) is 45.1 Å². The van der Waals surface area contributed by atoms with Gasteiger partial charge in [-0.3, -0.25) is 4.99 Å². The second-order valence-corrected chi connectivity index (χ2v) is 8.27. The molecular weight excluding hydrogens is 475 g/mol. The van der Waals surface area contributed by atoms with Gasteiger partial charge < -0.3 is 20.3 Å². The fraction of sp³-hybridized carbons (Fsp3) is 0.696. The first-order valence-corrected chi connectivity index (χ1v) is 10.8. The van der Waals surface area contributed by atoms with Crippen LogP contribution in [0.2, 0.25) is 0 Å². The van der Waals surface area contributed by atoms with Gasteiger partial charge in [0.2, 0.25) is 0 Å². The fourth-order valence-electron chi connectivity index (χ4n) is 4.10. The van der Waals surface area contributed by atoms with Crippen molar-refractivity contribution >= 4 is 29.9 Å². The summed E-state index contributed by atoms with van der Waals surface area (Å²) in [6, 6.07) is 11.1. The van der Waals surface area contributed by atoms with Crippen molar-refractivity contribution in [3.05, 3.63) is 35.9 Å². The Kier molecular flexibility index (Phi) is 12.8. The lowest BCUT2D eigenvalue weighted by Gasteiger charge is -2.31. The Bertz CT molecular complexity index is 574. The molecule has 6 heteroatoms. The molecule has 1 aliphatic rings. The molecule has 166 valence electrons. The quantitative estimate of drug-likeness (QED) is 0.203. The minimum atomic E-state index is 0. The molecule has 0 amide bonds. The van der Waals surface area contributed by atoms with Gasteiger partial charge >= 0.3 is 0 Å². The highest BCUT2D eigenvalue weighted by molar-refractivity contribution is 14.0. The fourth-order valence-corrected chi connectivity index (χ4v) is 4.10. The van der Waals surface area contributed by atoms with Crippen LogP contribution in [-0.2, 0) is 11.2 Å². The zero-order chi connectivity index (χ0) is 20.2. The first kappa shape index (κ1) is 26.2. The van der Waals surface area contributed by atoms with Gasteiger partial charge in [0.1, 0.15) is 0 Å². The lowest BCUT2D eigenvalue weighted by atomic mass is 9.83. The van der Waals surface area contributed by atoms with Gasteiger partial charge in [-0.15, -0.1) is 24.0 Å². The number of nitrogens with one attached hydrogen (secondary N) is 2. The molecule has 0 bridgehead atoms. The molecule has 0 spiro atoms. The molecule has 5 nitrogen and oxygen atoms in total. The first-order valence-electron chi connectivity index (χ1n) is 10.8. The average Bonchev–Trinajstić information content (AvgIpc) is 3.17. The van der Waals surface area contributed by atoms with E-state index < -0.39 is 0 Å². The van der Waals surface area contributed by atoms with E-state index in [4.69, 9.17) is 4.74 Å². The maximum atomic E-state index is 5.64. The molecule has 1 atom stereocenters. The number of hydrogen-bond acceptors (Lipinski definition) is 3. The van der Waals surface area contributed by atoms with Crippen LogP contribution in [0.25, 0.3) is 0 Å². The van der Waals surface area contributed by atoms with Crippen LogP contribution in [0.4, 0.5) is 0 Å². The first-order chi connectivity index (χ1) is 13.6. The Morgan fingerprint density at radius 3 is 2.45 bits per heavy atom. The van der Waals surface area contributed by atoms with Crippen molar-refractivity contribution < 1.29 is 4.74 Å². The van der Waals surface area contributed by atoms with Gasteiger partial charge in [0, 0.05) is 39.4 Å². The van der Waals surface area contributed by atoms with Gasteiger partial charge in [-0.25, -0.2) is 0 Å². The van der Waals surface area contributed by atoms with E-state index in [1.807, 2.05) is 7.05 Å². The third-order valence-electron chi connectivity index (χ3n) is 6.05. The number of ether oxygens (including phenoxy) is 1. The van der Waals surface area contributed by atoms with Crippen molar-refractivity contribution in [2.45, 2.75) is 51.5 Å². The minimum Gasteiger partial charge on any atom is -0.382 e. The zero-order valence-corrected chi connectivity index (χ0v) is 21.1. The monoisotopic (exact) mass is 516 g/mol. The summed E-state index contributed by atoms with van der Waals surface area (Å²) >= 11 is 0. The topological polar surface area (TPSA) is 48.9 Å². The van der Waals surface area contributed by atoms with Crippen molar-refractivity contribution in [3.63, 3.8) is 0 Å². The average molecular weight is 517 g/mol. The van der Waals surface area contributed by atoms with E-state index in [1.54, 1.807) is 0 Å². The lowest BCUT2D eigenvalue weighted by molar-refractivity contribution is 0.105. The highest BCUT2D eigenvalue weighted by atomic mass is 127. The number of guanidine groups is 1. The molecule has 1 unspecified atom stereocenters. The summed E-state index contributed by atoms with van der Waals surface area (Å²) in [5.74, 6) is 0.905. The van der Waals surface area contributed by atoms with Crippen molar-refractivity contribution in [1.29, 1.82) is 0 Å². The van der Waals surface area contributed by atoms with Crippen LogP contribution in [0.3, 0.4) is 0 Å². The standard InChI is InChI=1S/C23H40N4O.HI/c1-5-28-16-15-23(13-9-10-14-23)19-26-22(24-2)25-18-21(27(3)4)17-20-11-7-6-8-12-20;/h6-8,11-12,21H,5,9-10,13-19H2,1-4H3,(H2,24,25,26);1H. The molecule has 0 heterocycles. The number of benzene rings is 1. The number of hydrogen-bond donors (Lipinski definition) is 2. The molecule has 0 aliphatic heterocycles. The van der Waals surface area contributed by atoms with Crippen LogP contribution in [0, 0.1) is 5.41 Å². The van der Waals surface area contributed by atoms with Crippen molar-refractivity contribution in [2.75, 3.05) is 47.4 Å². The van der Waals surface area contributed by atoms with Gasteiger partial charge in [0.15, 0.2) is 5.96 Å². The molecule has 2 rings (SSSR count). The molecule has 29 heavy (non-hydrogen) atoms. The number of likely N-dealkylation sites (N-methyl/N-ethyl adjacent to an activating group) is 1. The van der Waals surface area contributed by atoms with Gasteiger partial charge in [-0.2, -0.15) is 0 Å². The molecule has 0 saturated heterocycles. The van der Waals surface area contributed by atoms with E-state index in [-0.39, 0.29) is 24.0 Å². The predicted molar refractivity (Wildman–Crippen MR) is 134 cm³/mol. The molecule has 1 aromatic rings. The summed E-state index contributed by atoms with van der Waals surface area (Å²) in [5, 5.41) is 7.15. The highest BCUT2D eigenvalue weighted by Gasteiger charge is 2.33. The summed E-state index contributed by atoms with van der Waals surface area (Å²) in [6.07, 6.45) is 7.41. The van der Waals surface area contributed by atoms with Crippen LogP contribution < -0.4 is 10.6 Å². The predicted octanol–water partition coefficient (Wildman–Crippen LogP) is 3.93. The third-order valence-corrected chi connectivity index (χ3v) is 6.05. The van der Waals surface area contributed by atoms with Gasteiger partial charge in [0.25, 0.3) is 0 Å². The highest BCUT2D eigenvalue weighted by Crippen LogP contribution is 2.40. The molecule has 0 aromatic heterocycles. The maximum Gasteiger partial charge on any atom is 0.191 e. The van der Waals surface area contributed by atoms with Gasteiger partial charge in [-0.05, 0) is 57.7 Å². The molecule has 1 aliphatic carbocycles. The summed E-state index contributed by atoms with van der Waals surface area (Å²) in [4.78, 5) is 6.75. The largest absolute Gasteiger partial charge is 0.382 e. The van der Waals surface area contributed by atoms with Crippen LogP contribution in [-0.4, -0.2) is 64.3 Å². The second-order valence-electron chi connectivity index (χ2n) is 8.27. The smallest absolute Gasteiger partial charge is 0.191 e. The van der Waals surface area contributed by atoms with Crippen molar-refractivity contribution in [2.24, 2.45) is 10.4 Å². The molecule has 2 N–H and O–H groups in total. The Labute approximate surface area is 195 Å². The van der Waals surface area contributed by atoms with Crippen LogP contribution in [0.1, 0.15) is 44.6 Å². The Hall–Kier alpha value is -0.860. The summed E-state index contributed by atoms with van der Waals surface area (Å²) < 4.78 is 5.64. The summed E-state index contributed by atoms with van der Waals surface area (Å²) in [6.45, 7) is 5.59. The minimum absolute atomic E-state index is 0.